The van der Waals surface area contributed by atoms with E-state index in [4.69, 9.17) is 9.47 Å². The van der Waals surface area contributed by atoms with Gasteiger partial charge in [0.2, 0.25) is 0 Å². The summed E-state index contributed by atoms with van der Waals surface area (Å²) in [6, 6.07) is 11.4. The minimum atomic E-state index is -0.835. The number of rotatable bonds is 10. The first kappa shape index (κ1) is 22.2. The van der Waals surface area contributed by atoms with Crippen molar-refractivity contribution in [3.05, 3.63) is 57.6 Å². The maximum absolute atomic E-state index is 11.4. The van der Waals surface area contributed by atoms with E-state index in [2.05, 4.69) is 33.4 Å². The summed E-state index contributed by atoms with van der Waals surface area (Å²) < 4.78 is 12.2. The Labute approximate surface area is 175 Å². The number of aryl methyl sites for hydroxylation is 1. The molecule has 0 aliphatic carbocycles. The van der Waals surface area contributed by atoms with Crippen LogP contribution in [0, 0.1) is 12.8 Å². The molecule has 0 fully saturated rings. The van der Waals surface area contributed by atoms with Gasteiger partial charge in [0.1, 0.15) is 12.6 Å². The molecule has 6 heteroatoms. The number of hydrogen-bond donors (Lipinski definition) is 2. The van der Waals surface area contributed by atoms with E-state index < -0.39 is 12.0 Å². The number of carboxylic acid groups (broad SMARTS) is 1. The lowest BCUT2D eigenvalue weighted by atomic mass is 10.0. The van der Waals surface area contributed by atoms with Gasteiger partial charge in [-0.2, -0.15) is 0 Å². The standard InChI is InChI=1S/C22H28BrNO4/c1-14(2)9-19(22(25)26)24-12-17-10-18(23)21(20(11-17)27-4)28-13-16-7-5-15(3)6-8-16/h5-8,10-11,14,19,24H,9,12-13H2,1-4H3,(H,25,26). The molecule has 2 aromatic rings. The van der Waals surface area contributed by atoms with Crippen molar-refractivity contribution in [1.29, 1.82) is 0 Å². The average molecular weight is 450 g/mol. The molecule has 0 spiro atoms. The maximum atomic E-state index is 11.4. The molecule has 0 bridgehead atoms. The minimum absolute atomic E-state index is 0.299. The van der Waals surface area contributed by atoms with Gasteiger partial charge in [-0.15, -0.1) is 0 Å². The van der Waals surface area contributed by atoms with Crippen molar-refractivity contribution in [2.75, 3.05) is 7.11 Å². The van der Waals surface area contributed by atoms with Crippen LogP contribution in [-0.4, -0.2) is 24.2 Å². The van der Waals surface area contributed by atoms with Gasteiger partial charge in [-0.3, -0.25) is 4.79 Å². The lowest BCUT2D eigenvalue weighted by Gasteiger charge is -2.18. The summed E-state index contributed by atoms with van der Waals surface area (Å²) in [7, 11) is 1.59. The predicted molar refractivity (Wildman–Crippen MR) is 114 cm³/mol. The number of methoxy groups -OCH3 is 1. The summed E-state index contributed by atoms with van der Waals surface area (Å²) in [5, 5.41) is 12.5. The predicted octanol–water partition coefficient (Wildman–Crippen LogP) is 4.93. The number of nitrogens with one attached hydrogen (secondary N) is 1. The Balaban J connectivity index is 2.09. The monoisotopic (exact) mass is 449 g/mol. The molecule has 28 heavy (non-hydrogen) atoms. The molecule has 0 aliphatic rings. The summed E-state index contributed by atoms with van der Waals surface area (Å²) in [6.45, 7) is 6.93. The molecule has 1 atom stereocenters. The third-order valence-corrected chi connectivity index (χ3v) is 4.94. The van der Waals surface area contributed by atoms with Gasteiger partial charge in [0.25, 0.3) is 0 Å². The van der Waals surface area contributed by atoms with Crippen molar-refractivity contribution in [2.24, 2.45) is 5.92 Å². The Bertz CT molecular complexity index is 790. The maximum Gasteiger partial charge on any atom is 0.320 e. The number of hydrogen-bond acceptors (Lipinski definition) is 4. The molecule has 2 rings (SSSR count). The lowest BCUT2D eigenvalue weighted by Crippen LogP contribution is -2.37. The molecule has 0 heterocycles. The first-order valence-electron chi connectivity index (χ1n) is 9.31. The van der Waals surface area contributed by atoms with Gasteiger partial charge in [-0.25, -0.2) is 0 Å². The number of carbonyl (C=O) groups is 1. The Hall–Kier alpha value is -2.05. The molecular weight excluding hydrogens is 422 g/mol. The summed E-state index contributed by atoms with van der Waals surface area (Å²) in [4.78, 5) is 11.4. The van der Waals surface area contributed by atoms with Crippen LogP contribution in [0.4, 0.5) is 0 Å². The normalized spacial score (nSPS) is 12.1. The molecule has 0 aliphatic heterocycles. The topological polar surface area (TPSA) is 67.8 Å². The van der Waals surface area contributed by atoms with Crippen LogP contribution in [-0.2, 0) is 17.9 Å². The van der Waals surface area contributed by atoms with E-state index in [9.17, 15) is 9.90 Å². The number of ether oxygens (including phenoxy) is 2. The van der Waals surface area contributed by atoms with Crippen LogP contribution in [0.15, 0.2) is 40.9 Å². The average Bonchev–Trinajstić information content (AvgIpc) is 2.64. The second kappa shape index (κ2) is 10.5. The number of aliphatic carboxylic acids is 1. The fourth-order valence-electron chi connectivity index (χ4n) is 2.84. The van der Waals surface area contributed by atoms with Crippen molar-refractivity contribution in [3.63, 3.8) is 0 Å². The fraction of sp³-hybridized carbons (Fsp3) is 0.409. The molecule has 0 saturated heterocycles. The van der Waals surface area contributed by atoms with Crippen LogP contribution < -0.4 is 14.8 Å². The minimum Gasteiger partial charge on any atom is -0.493 e. The highest BCUT2D eigenvalue weighted by Gasteiger charge is 2.19. The van der Waals surface area contributed by atoms with Crippen molar-refractivity contribution in [1.82, 2.24) is 5.32 Å². The number of benzene rings is 2. The van der Waals surface area contributed by atoms with Crippen molar-refractivity contribution in [2.45, 2.75) is 46.4 Å². The molecule has 2 aromatic carbocycles. The molecule has 152 valence electrons. The highest BCUT2D eigenvalue weighted by Crippen LogP contribution is 2.37. The van der Waals surface area contributed by atoms with Crippen molar-refractivity contribution >= 4 is 21.9 Å². The fourth-order valence-corrected chi connectivity index (χ4v) is 3.44. The van der Waals surface area contributed by atoms with E-state index in [0.717, 1.165) is 15.6 Å². The lowest BCUT2D eigenvalue weighted by molar-refractivity contribution is -0.140. The zero-order valence-corrected chi connectivity index (χ0v) is 18.4. The Morgan fingerprint density at radius 2 is 1.86 bits per heavy atom. The van der Waals surface area contributed by atoms with Crippen LogP contribution in [0.3, 0.4) is 0 Å². The molecule has 0 aromatic heterocycles. The van der Waals surface area contributed by atoms with E-state index in [0.29, 0.717) is 37.0 Å². The van der Waals surface area contributed by atoms with Crippen molar-refractivity contribution in [3.8, 4) is 11.5 Å². The second-order valence-corrected chi connectivity index (χ2v) is 8.14. The first-order chi connectivity index (χ1) is 13.3. The molecule has 2 N–H and O–H groups in total. The van der Waals surface area contributed by atoms with E-state index >= 15 is 0 Å². The van der Waals surface area contributed by atoms with E-state index in [1.165, 1.54) is 5.56 Å². The van der Waals surface area contributed by atoms with Gasteiger partial charge in [0.15, 0.2) is 11.5 Å². The van der Waals surface area contributed by atoms with Crippen molar-refractivity contribution < 1.29 is 19.4 Å². The molecule has 0 saturated carbocycles. The third kappa shape index (κ3) is 6.53. The summed E-state index contributed by atoms with van der Waals surface area (Å²) in [5.41, 5.74) is 3.20. The van der Waals surface area contributed by atoms with Gasteiger partial charge in [-0.05, 0) is 58.5 Å². The molecule has 0 radical (unpaired) electrons. The molecule has 5 nitrogen and oxygen atoms in total. The Morgan fingerprint density at radius 1 is 1.18 bits per heavy atom. The van der Waals surface area contributed by atoms with Gasteiger partial charge in [0.05, 0.1) is 11.6 Å². The third-order valence-electron chi connectivity index (χ3n) is 4.35. The summed E-state index contributed by atoms with van der Waals surface area (Å²) >= 11 is 3.55. The summed E-state index contributed by atoms with van der Waals surface area (Å²) in [6.07, 6.45) is 0.575. The van der Waals surface area contributed by atoms with Crippen LogP contribution in [0.1, 0.15) is 37.0 Å². The van der Waals surface area contributed by atoms with Gasteiger partial charge >= 0.3 is 5.97 Å². The Kier molecular flexibility index (Phi) is 8.33. The smallest absolute Gasteiger partial charge is 0.320 e. The summed E-state index contributed by atoms with van der Waals surface area (Å²) in [5.74, 6) is 0.697. The van der Waals surface area contributed by atoms with E-state index in [1.807, 2.05) is 45.0 Å². The number of carboxylic acids is 1. The van der Waals surface area contributed by atoms with Gasteiger partial charge in [0, 0.05) is 6.54 Å². The van der Waals surface area contributed by atoms with Crippen LogP contribution in [0.5, 0.6) is 11.5 Å². The molecule has 1 unspecified atom stereocenters. The SMILES string of the molecule is COc1cc(CNC(CC(C)C)C(=O)O)cc(Br)c1OCc1ccc(C)cc1. The van der Waals surface area contributed by atoms with E-state index in [-0.39, 0.29) is 0 Å². The van der Waals surface area contributed by atoms with Gasteiger partial charge in [-0.1, -0.05) is 43.7 Å². The first-order valence-corrected chi connectivity index (χ1v) is 10.1. The quantitative estimate of drug-likeness (QED) is 0.537. The largest absolute Gasteiger partial charge is 0.493 e. The molecule has 0 amide bonds. The molecular formula is C22H28BrNO4. The van der Waals surface area contributed by atoms with E-state index in [1.54, 1.807) is 7.11 Å². The second-order valence-electron chi connectivity index (χ2n) is 7.28. The highest BCUT2D eigenvalue weighted by atomic mass is 79.9. The van der Waals surface area contributed by atoms with Gasteiger partial charge < -0.3 is 19.9 Å². The van der Waals surface area contributed by atoms with Crippen LogP contribution in [0.2, 0.25) is 0 Å². The zero-order chi connectivity index (χ0) is 20.7. The van der Waals surface area contributed by atoms with Crippen LogP contribution >= 0.6 is 15.9 Å². The zero-order valence-electron chi connectivity index (χ0n) is 16.8. The highest BCUT2D eigenvalue weighted by molar-refractivity contribution is 9.10. The Morgan fingerprint density at radius 3 is 2.43 bits per heavy atom. The number of halogens is 1. The van der Waals surface area contributed by atoms with Crippen LogP contribution in [0.25, 0.3) is 0 Å².